The molecule has 0 aliphatic rings. The molecule has 2 heterocycles. The molecule has 0 saturated carbocycles. The SMILES string of the molecule is CCOc1cc2nc(CC)c(C#N)c(Nc3ccc4cnn(C)c4c3)c2cc1N. The lowest BCUT2D eigenvalue weighted by molar-refractivity contribution is 0.342. The van der Waals surface area contributed by atoms with Crippen LogP contribution in [0.15, 0.2) is 36.5 Å². The maximum atomic E-state index is 9.86. The lowest BCUT2D eigenvalue weighted by atomic mass is 10.0. The highest BCUT2D eigenvalue weighted by atomic mass is 16.5. The van der Waals surface area contributed by atoms with Gasteiger partial charge in [-0.3, -0.25) is 9.67 Å². The summed E-state index contributed by atoms with van der Waals surface area (Å²) in [5.74, 6) is 0.599. The largest absolute Gasteiger partial charge is 0.492 e. The number of pyridine rings is 1. The zero-order valence-electron chi connectivity index (χ0n) is 16.7. The highest BCUT2D eigenvalue weighted by molar-refractivity contribution is 6.00. The molecule has 2 aromatic carbocycles. The molecule has 0 spiro atoms. The number of fused-ring (bicyclic) bond motifs is 2. The highest BCUT2D eigenvalue weighted by Gasteiger charge is 2.17. The van der Waals surface area contributed by atoms with E-state index in [0.717, 1.165) is 33.2 Å². The third-order valence-electron chi connectivity index (χ3n) is 4.96. The van der Waals surface area contributed by atoms with Crippen molar-refractivity contribution in [1.29, 1.82) is 5.26 Å². The number of aryl methyl sites for hydroxylation is 2. The smallest absolute Gasteiger partial charge is 0.144 e. The number of aromatic nitrogens is 3. The first-order valence-electron chi connectivity index (χ1n) is 9.53. The van der Waals surface area contributed by atoms with Crippen LogP contribution in [0.3, 0.4) is 0 Å². The number of nitrogens with one attached hydrogen (secondary N) is 1. The maximum Gasteiger partial charge on any atom is 0.144 e. The lowest BCUT2D eigenvalue weighted by Gasteiger charge is -2.16. The standard InChI is InChI=1S/C22H22N6O/c1-4-18-16(11-23)22(15-9-17(24)21(29-5-2)10-19(15)27-18)26-14-7-6-13-12-25-28(3)20(13)8-14/h6-10,12H,4-5,24H2,1-3H3,(H,26,27). The predicted molar refractivity (Wildman–Crippen MR) is 115 cm³/mol. The van der Waals surface area contributed by atoms with Gasteiger partial charge in [-0.2, -0.15) is 10.4 Å². The molecule has 4 rings (SSSR count). The normalized spacial score (nSPS) is 11.0. The fourth-order valence-corrected chi connectivity index (χ4v) is 3.51. The Bertz CT molecular complexity index is 1270. The Morgan fingerprint density at radius 3 is 2.79 bits per heavy atom. The number of rotatable bonds is 5. The number of ether oxygens (including phenoxy) is 1. The number of nitrogens with two attached hydrogens (primary N) is 1. The zero-order chi connectivity index (χ0) is 20.5. The monoisotopic (exact) mass is 386 g/mol. The topological polar surface area (TPSA) is 102 Å². The van der Waals surface area contributed by atoms with Gasteiger partial charge in [0.05, 0.1) is 46.5 Å². The third kappa shape index (κ3) is 3.19. The van der Waals surface area contributed by atoms with Crippen LogP contribution in [-0.2, 0) is 13.5 Å². The van der Waals surface area contributed by atoms with Gasteiger partial charge in [0, 0.05) is 29.6 Å². The van der Waals surface area contributed by atoms with E-state index in [0.29, 0.717) is 35.7 Å². The molecule has 0 aliphatic heterocycles. The number of anilines is 3. The van der Waals surface area contributed by atoms with Gasteiger partial charge in [0.25, 0.3) is 0 Å². The number of hydrogen-bond acceptors (Lipinski definition) is 6. The molecule has 0 radical (unpaired) electrons. The van der Waals surface area contributed by atoms with Crippen LogP contribution in [0.4, 0.5) is 17.1 Å². The van der Waals surface area contributed by atoms with Gasteiger partial charge < -0.3 is 15.8 Å². The maximum absolute atomic E-state index is 9.86. The van der Waals surface area contributed by atoms with E-state index < -0.39 is 0 Å². The zero-order valence-corrected chi connectivity index (χ0v) is 16.7. The second-order valence-electron chi connectivity index (χ2n) is 6.78. The summed E-state index contributed by atoms with van der Waals surface area (Å²) >= 11 is 0. The molecule has 146 valence electrons. The van der Waals surface area contributed by atoms with Crippen LogP contribution in [-0.4, -0.2) is 21.4 Å². The second-order valence-corrected chi connectivity index (χ2v) is 6.78. The highest BCUT2D eigenvalue weighted by Crippen LogP contribution is 2.36. The molecule has 4 aromatic rings. The van der Waals surface area contributed by atoms with Gasteiger partial charge in [0.2, 0.25) is 0 Å². The molecule has 0 atom stereocenters. The lowest BCUT2D eigenvalue weighted by Crippen LogP contribution is -2.04. The summed E-state index contributed by atoms with van der Waals surface area (Å²) in [7, 11) is 1.90. The van der Waals surface area contributed by atoms with E-state index in [1.54, 1.807) is 0 Å². The Morgan fingerprint density at radius 1 is 1.24 bits per heavy atom. The van der Waals surface area contributed by atoms with Crippen LogP contribution in [0.25, 0.3) is 21.8 Å². The molecule has 7 nitrogen and oxygen atoms in total. The first-order chi connectivity index (χ1) is 14.0. The molecule has 0 aliphatic carbocycles. The predicted octanol–water partition coefficient (Wildman–Crippen LogP) is 4.28. The first-order valence-corrected chi connectivity index (χ1v) is 9.53. The van der Waals surface area contributed by atoms with E-state index in [-0.39, 0.29) is 0 Å². The molecule has 7 heteroatoms. The van der Waals surface area contributed by atoms with Crippen molar-refractivity contribution in [2.45, 2.75) is 20.3 Å². The molecular weight excluding hydrogens is 364 g/mol. The van der Waals surface area contributed by atoms with E-state index in [2.05, 4.69) is 16.5 Å². The third-order valence-corrected chi connectivity index (χ3v) is 4.96. The van der Waals surface area contributed by atoms with Crippen molar-refractivity contribution < 1.29 is 4.74 Å². The molecule has 0 bridgehead atoms. The summed E-state index contributed by atoms with van der Waals surface area (Å²) in [6.45, 7) is 4.42. The van der Waals surface area contributed by atoms with Gasteiger partial charge in [0.15, 0.2) is 0 Å². The van der Waals surface area contributed by atoms with Crippen molar-refractivity contribution in [3.05, 3.63) is 47.8 Å². The minimum atomic E-state index is 0.513. The van der Waals surface area contributed by atoms with Crippen molar-refractivity contribution in [3.8, 4) is 11.8 Å². The van der Waals surface area contributed by atoms with Gasteiger partial charge in [-0.15, -0.1) is 0 Å². The molecule has 29 heavy (non-hydrogen) atoms. The number of hydrogen-bond donors (Lipinski definition) is 2. The van der Waals surface area contributed by atoms with Gasteiger partial charge in [-0.05, 0) is 37.6 Å². The summed E-state index contributed by atoms with van der Waals surface area (Å²) in [6.07, 6.45) is 2.47. The van der Waals surface area contributed by atoms with Crippen molar-refractivity contribution >= 4 is 38.9 Å². The summed E-state index contributed by atoms with van der Waals surface area (Å²) in [5, 5.41) is 19.4. The molecule has 0 unspecified atom stereocenters. The van der Waals surface area contributed by atoms with Crippen molar-refractivity contribution in [2.75, 3.05) is 17.7 Å². The van der Waals surface area contributed by atoms with Crippen molar-refractivity contribution in [3.63, 3.8) is 0 Å². The first kappa shape index (κ1) is 18.6. The Hall–Kier alpha value is -3.79. The minimum Gasteiger partial charge on any atom is -0.492 e. The van der Waals surface area contributed by atoms with E-state index >= 15 is 0 Å². The van der Waals surface area contributed by atoms with E-state index in [4.69, 9.17) is 15.5 Å². The Labute approximate surface area is 168 Å². The second kappa shape index (κ2) is 7.32. The summed E-state index contributed by atoms with van der Waals surface area (Å²) < 4.78 is 7.44. The van der Waals surface area contributed by atoms with Crippen LogP contribution < -0.4 is 15.8 Å². The van der Waals surface area contributed by atoms with Crippen LogP contribution >= 0.6 is 0 Å². The average molecular weight is 386 g/mol. The van der Waals surface area contributed by atoms with Crippen LogP contribution in [0.5, 0.6) is 5.75 Å². The van der Waals surface area contributed by atoms with Gasteiger partial charge in [0.1, 0.15) is 11.8 Å². The molecule has 0 fully saturated rings. The summed E-state index contributed by atoms with van der Waals surface area (Å²) in [5.41, 5.74) is 11.3. The van der Waals surface area contributed by atoms with Gasteiger partial charge in [-0.1, -0.05) is 6.92 Å². The fraction of sp³-hybridized carbons (Fsp3) is 0.227. The number of nitrogens with zero attached hydrogens (tertiary/aromatic N) is 4. The van der Waals surface area contributed by atoms with Crippen LogP contribution in [0, 0.1) is 11.3 Å². The van der Waals surface area contributed by atoms with Crippen LogP contribution in [0.2, 0.25) is 0 Å². The molecule has 3 N–H and O–H groups in total. The fourth-order valence-electron chi connectivity index (χ4n) is 3.51. The molecule has 0 saturated heterocycles. The quantitative estimate of drug-likeness (QED) is 0.496. The number of nitriles is 1. The summed E-state index contributed by atoms with van der Waals surface area (Å²) in [4.78, 5) is 4.69. The van der Waals surface area contributed by atoms with E-state index in [9.17, 15) is 5.26 Å². The molecule has 2 aromatic heterocycles. The Kier molecular flexibility index (Phi) is 4.69. The molecule has 0 amide bonds. The Morgan fingerprint density at radius 2 is 2.07 bits per heavy atom. The van der Waals surface area contributed by atoms with Crippen LogP contribution in [0.1, 0.15) is 25.1 Å². The summed E-state index contributed by atoms with van der Waals surface area (Å²) in [6, 6.07) is 12.0. The number of benzene rings is 2. The van der Waals surface area contributed by atoms with Crippen molar-refractivity contribution in [1.82, 2.24) is 14.8 Å². The Balaban J connectivity index is 1.93. The molecular formula is C22H22N6O. The van der Waals surface area contributed by atoms with Gasteiger partial charge >= 0.3 is 0 Å². The van der Waals surface area contributed by atoms with E-state index in [1.807, 2.05) is 62.1 Å². The van der Waals surface area contributed by atoms with Crippen molar-refractivity contribution in [2.24, 2.45) is 7.05 Å². The number of nitrogen functional groups attached to an aromatic ring is 1. The van der Waals surface area contributed by atoms with Gasteiger partial charge in [-0.25, -0.2) is 0 Å². The minimum absolute atomic E-state index is 0.513. The van der Waals surface area contributed by atoms with E-state index in [1.165, 1.54) is 0 Å². The average Bonchev–Trinajstić information content (AvgIpc) is 3.09.